The highest BCUT2D eigenvalue weighted by atomic mass is 15.2. The monoisotopic (exact) mass is 253 g/mol. The predicted octanol–water partition coefficient (Wildman–Crippen LogP) is 5.25. The summed E-state index contributed by atoms with van der Waals surface area (Å²) in [5.74, 6) is 0. The first-order valence-corrected chi connectivity index (χ1v) is 8.42. The van der Waals surface area contributed by atoms with Crippen LogP contribution in [0.4, 0.5) is 0 Å². The molecular weight excluding hydrogens is 218 g/mol. The Balaban J connectivity index is 2.28. The summed E-state index contributed by atoms with van der Waals surface area (Å²) in [6.07, 6.45) is 14.2. The van der Waals surface area contributed by atoms with Crippen LogP contribution in [0.2, 0.25) is 0 Å². The molecule has 0 aromatic carbocycles. The second-order valence-corrected chi connectivity index (χ2v) is 6.71. The fraction of sp³-hybridized carbons (Fsp3) is 1.00. The van der Waals surface area contributed by atoms with Gasteiger partial charge in [0.15, 0.2) is 0 Å². The number of hydrogen-bond donors (Lipinski definition) is 0. The summed E-state index contributed by atoms with van der Waals surface area (Å²) < 4.78 is 0. The molecule has 1 aliphatic heterocycles. The molecule has 0 aromatic heterocycles. The zero-order chi connectivity index (χ0) is 13.3. The fourth-order valence-electron chi connectivity index (χ4n) is 3.14. The first-order chi connectivity index (χ1) is 8.70. The topological polar surface area (TPSA) is 3.24 Å². The summed E-state index contributed by atoms with van der Waals surface area (Å²) in [4.78, 5) is 2.67. The Morgan fingerprint density at radius 2 is 1.39 bits per heavy atom. The van der Waals surface area contributed by atoms with E-state index in [-0.39, 0.29) is 0 Å². The van der Waals surface area contributed by atoms with Gasteiger partial charge in [0.1, 0.15) is 0 Å². The molecule has 0 saturated carbocycles. The maximum atomic E-state index is 2.67. The zero-order valence-electron chi connectivity index (χ0n) is 13.1. The van der Waals surface area contributed by atoms with Gasteiger partial charge in [-0.25, -0.2) is 0 Å². The van der Waals surface area contributed by atoms with Crippen LogP contribution in [0.15, 0.2) is 0 Å². The van der Waals surface area contributed by atoms with Gasteiger partial charge in [0.2, 0.25) is 0 Å². The summed E-state index contributed by atoms with van der Waals surface area (Å²) in [5, 5.41) is 0. The Bertz CT molecular complexity index is 198. The van der Waals surface area contributed by atoms with E-state index in [1.807, 2.05) is 0 Å². The molecule has 0 aromatic rings. The molecular formula is C17H35N. The van der Waals surface area contributed by atoms with E-state index < -0.39 is 0 Å². The molecule has 1 atom stereocenters. The Kier molecular flexibility index (Phi) is 7.97. The normalized spacial score (nSPS) is 19.5. The van der Waals surface area contributed by atoms with Gasteiger partial charge in [-0.2, -0.15) is 0 Å². The molecule has 0 N–H and O–H groups in total. The Labute approximate surface area is 115 Å². The van der Waals surface area contributed by atoms with Crippen molar-refractivity contribution in [1.82, 2.24) is 4.90 Å². The zero-order valence-corrected chi connectivity index (χ0v) is 13.1. The van der Waals surface area contributed by atoms with Gasteiger partial charge < -0.3 is 4.90 Å². The lowest BCUT2D eigenvalue weighted by Crippen LogP contribution is -2.44. The van der Waals surface area contributed by atoms with Gasteiger partial charge in [-0.1, -0.05) is 65.7 Å². The average molecular weight is 253 g/mol. The van der Waals surface area contributed by atoms with Gasteiger partial charge in [-0.05, 0) is 37.8 Å². The average Bonchev–Trinajstić information content (AvgIpc) is 2.31. The van der Waals surface area contributed by atoms with Crippen LogP contribution >= 0.6 is 0 Å². The van der Waals surface area contributed by atoms with Crippen molar-refractivity contribution in [3.05, 3.63) is 0 Å². The number of unbranched alkanes of at least 4 members (excludes halogenated alkanes) is 5. The SMILES string of the molecule is CCCCCCC(C)(CCCCC)CN1CCC1. The molecule has 18 heavy (non-hydrogen) atoms. The molecule has 1 rings (SSSR count). The maximum Gasteiger partial charge on any atom is 0.00353 e. The van der Waals surface area contributed by atoms with Gasteiger partial charge in [0.25, 0.3) is 0 Å². The third-order valence-electron chi connectivity index (χ3n) is 4.57. The van der Waals surface area contributed by atoms with Crippen molar-refractivity contribution in [2.45, 2.75) is 85.0 Å². The third-order valence-corrected chi connectivity index (χ3v) is 4.57. The van der Waals surface area contributed by atoms with E-state index in [2.05, 4.69) is 25.7 Å². The summed E-state index contributed by atoms with van der Waals surface area (Å²) in [7, 11) is 0. The first kappa shape index (κ1) is 16.0. The van der Waals surface area contributed by atoms with Crippen LogP contribution in [-0.2, 0) is 0 Å². The number of nitrogens with zero attached hydrogens (tertiary/aromatic N) is 1. The van der Waals surface area contributed by atoms with Crippen LogP contribution in [0.5, 0.6) is 0 Å². The highest BCUT2D eigenvalue weighted by Crippen LogP contribution is 2.33. The van der Waals surface area contributed by atoms with Crippen molar-refractivity contribution in [2.75, 3.05) is 19.6 Å². The van der Waals surface area contributed by atoms with Gasteiger partial charge >= 0.3 is 0 Å². The molecule has 0 amide bonds. The van der Waals surface area contributed by atoms with Crippen LogP contribution in [-0.4, -0.2) is 24.5 Å². The molecule has 108 valence electrons. The number of hydrogen-bond acceptors (Lipinski definition) is 1. The van der Waals surface area contributed by atoms with E-state index in [4.69, 9.17) is 0 Å². The quantitative estimate of drug-likeness (QED) is 0.455. The van der Waals surface area contributed by atoms with Crippen molar-refractivity contribution in [1.29, 1.82) is 0 Å². The summed E-state index contributed by atoms with van der Waals surface area (Å²) in [6, 6.07) is 0. The number of likely N-dealkylation sites (tertiary alicyclic amines) is 1. The van der Waals surface area contributed by atoms with E-state index in [1.165, 1.54) is 83.8 Å². The van der Waals surface area contributed by atoms with Gasteiger partial charge in [-0.3, -0.25) is 0 Å². The maximum absolute atomic E-state index is 2.67. The molecule has 0 radical (unpaired) electrons. The highest BCUT2D eigenvalue weighted by Gasteiger charge is 2.28. The van der Waals surface area contributed by atoms with Crippen molar-refractivity contribution in [3.8, 4) is 0 Å². The standard InChI is InChI=1S/C17H35N/c1-4-6-8-10-13-17(3,12-9-7-5-2)16-18-14-11-15-18/h4-16H2,1-3H3. The lowest BCUT2D eigenvalue weighted by Gasteiger charge is -2.40. The van der Waals surface area contributed by atoms with Crippen LogP contribution in [0, 0.1) is 5.41 Å². The Hall–Kier alpha value is -0.0400. The first-order valence-electron chi connectivity index (χ1n) is 8.42. The predicted molar refractivity (Wildman–Crippen MR) is 82.1 cm³/mol. The Morgan fingerprint density at radius 1 is 0.833 bits per heavy atom. The molecule has 1 fully saturated rings. The second-order valence-electron chi connectivity index (χ2n) is 6.71. The minimum Gasteiger partial charge on any atom is -0.303 e. The molecule has 1 unspecified atom stereocenters. The van der Waals surface area contributed by atoms with E-state index in [0.29, 0.717) is 5.41 Å². The minimum atomic E-state index is 0.601. The molecule has 1 saturated heterocycles. The Morgan fingerprint density at radius 3 is 1.89 bits per heavy atom. The molecule has 1 heterocycles. The van der Waals surface area contributed by atoms with Crippen molar-refractivity contribution < 1.29 is 0 Å². The van der Waals surface area contributed by atoms with Crippen LogP contribution < -0.4 is 0 Å². The molecule has 1 heteroatoms. The third kappa shape index (κ3) is 6.22. The van der Waals surface area contributed by atoms with E-state index >= 15 is 0 Å². The van der Waals surface area contributed by atoms with E-state index in [0.717, 1.165) is 0 Å². The van der Waals surface area contributed by atoms with Gasteiger partial charge in [-0.15, -0.1) is 0 Å². The van der Waals surface area contributed by atoms with Crippen LogP contribution in [0.3, 0.4) is 0 Å². The molecule has 0 bridgehead atoms. The lowest BCUT2D eigenvalue weighted by molar-refractivity contribution is 0.0901. The van der Waals surface area contributed by atoms with Crippen molar-refractivity contribution >= 4 is 0 Å². The van der Waals surface area contributed by atoms with E-state index in [9.17, 15) is 0 Å². The molecule has 0 spiro atoms. The largest absolute Gasteiger partial charge is 0.303 e. The molecule has 1 nitrogen and oxygen atoms in total. The number of rotatable bonds is 11. The lowest BCUT2D eigenvalue weighted by atomic mass is 9.78. The van der Waals surface area contributed by atoms with Crippen molar-refractivity contribution in [3.63, 3.8) is 0 Å². The van der Waals surface area contributed by atoms with Crippen molar-refractivity contribution in [2.24, 2.45) is 5.41 Å². The second kappa shape index (κ2) is 8.96. The van der Waals surface area contributed by atoms with E-state index in [1.54, 1.807) is 0 Å². The summed E-state index contributed by atoms with van der Waals surface area (Å²) in [6.45, 7) is 11.3. The smallest absolute Gasteiger partial charge is 0.00353 e. The molecule has 1 aliphatic rings. The highest BCUT2D eigenvalue weighted by molar-refractivity contribution is 4.82. The molecule has 0 aliphatic carbocycles. The van der Waals surface area contributed by atoms with Gasteiger partial charge in [0.05, 0.1) is 0 Å². The van der Waals surface area contributed by atoms with Crippen LogP contribution in [0.1, 0.15) is 85.0 Å². The minimum absolute atomic E-state index is 0.601. The fourth-order valence-corrected chi connectivity index (χ4v) is 3.14. The summed E-state index contributed by atoms with van der Waals surface area (Å²) >= 11 is 0. The summed E-state index contributed by atoms with van der Waals surface area (Å²) in [5.41, 5.74) is 0.601. The van der Waals surface area contributed by atoms with Gasteiger partial charge in [0, 0.05) is 6.54 Å². The van der Waals surface area contributed by atoms with Crippen LogP contribution in [0.25, 0.3) is 0 Å².